The number of hydrogen-bond acceptors (Lipinski definition) is 2. The molecule has 1 rings (SSSR count). The highest BCUT2D eigenvalue weighted by Gasteiger charge is 2.19. The summed E-state index contributed by atoms with van der Waals surface area (Å²) in [5.74, 6) is 1.84. The van der Waals surface area contributed by atoms with Crippen molar-refractivity contribution in [2.75, 3.05) is 26.7 Å². The minimum atomic E-state index is 0.657. The number of nitrogens with one attached hydrogen (secondary N) is 1. The standard InChI is InChI=1S/C14H30N2/c1-12(2)14-6-5-9-16(11-8-14)10-7-13(3)15-4/h12-15H,5-11H2,1-4H3. The minimum absolute atomic E-state index is 0.657. The van der Waals surface area contributed by atoms with Gasteiger partial charge in [-0.1, -0.05) is 13.8 Å². The molecule has 1 aliphatic heterocycles. The van der Waals surface area contributed by atoms with Crippen molar-refractivity contribution in [2.24, 2.45) is 11.8 Å². The number of hydrogen-bond donors (Lipinski definition) is 1. The van der Waals surface area contributed by atoms with E-state index in [9.17, 15) is 0 Å². The lowest BCUT2D eigenvalue weighted by Gasteiger charge is -2.22. The average Bonchev–Trinajstić information content (AvgIpc) is 2.51. The highest BCUT2D eigenvalue weighted by atomic mass is 15.1. The maximum absolute atomic E-state index is 3.32. The van der Waals surface area contributed by atoms with E-state index < -0.39 is 0 Å². The Morgan fingerprint density at radius 2 is 1.94 bits per heavy atom. The molecule has 2 nitrogen and oxygen atoms in total. The van der Waals surface area contributed by atoms with E-state index in [1.807, 2.05) is 0 Å². The molecule has 2 heteroatoms. The van der Waals surface area contributed by atoms with Crippen molar-refractivity contribution in [2.45, 2.75) is 52.5 Å². The van der Waals surface area contributed by atoms with Crippen LogP contribution < -0.4 is 5.32 Å². The van der Waals surface area contributed by atoms with Crippen LogP contribution in [-0.2, 0) is 0 Å². The van der Waals surface area contributed by atoms with E-state index >= 15 is 0 Å². The van der Waals surface area contributed by atoms with Gasteiger partial charge in [0.2, 0.25) is 0 Å². The first-order valence-corrected chi connectivity index (χ1v) is 7.03. The predicted molar refractivity (Wildman–Crippen MR) is 71.8 cm³/mol. The summed E-state index contributed by atoms with van der Waals surface area (Å²) in [6, 6.07) is 0.657. The van der Waals surface area contributed by atoms with Crippen molar-refractivity contribution < 1.29 is 0 Å². The van der Waals surface area contributed by atoms with Crippen LogP contribution in [0.5, 0.6) is 0 Å². The Hall–Kier alpha value is -0.0800. The minimum Gasteiger partial charge on any atom is -0.317 e. The fourth-order valence-corrected chi connectivity index (χ4v) is 2.59. The molecule has 96 valence electrons. The van der Waals surface area contributed by atoms with Crippen LogP contribution in [0.15, 0.2) is 0 Å². The van der Waals surface area contributed by atoms with Gasteiger partial charge in [0.05, 0.1) is 0 Å². The molecular weight excluding hydrogens is 196 g/mol. The summed E-state index contributed by atoms with van der Waals surface area (Å²) in [6.45, 7) is 10.9. The van der Waals surface area contributed by atoms with Gasteiger partial charge in [0.15, 0.2) is 0 Å². The zero-order valence-corrected chi connectivity index (χ0v) is 11.6. The molecule has 0 amide bonds. The Morgan fingerprint density at radius 1 is 1.19 bits per heavy atom. The molecule has 1 fully saturated rings. The second kappa shape index (κ2) is 7.29. The molecule has 1 N–H and O–H groups in total. The molecule has 0 bridgehead atoms. The average molecular weight is 226 g/mol. The zero-order valence-electron chi connectivity index (χ0n) is 11.6. The van der Waals surface area contributed by atoms with Gasteiger partial charge in [-0.2, -0.15) is 0 Å². The number of nitrogens with zero attached hydrogens (tertiary/aromatic N) is 1. The molecule has 0 aromatic rings. The van der Waals surface area contributed by atoms with Gasteiger partial charge in [-0.05, 0) is 71.1 Å². The third-order valence-corrected chi connectivity index (χ3v) is 4.18. The van der Waals surface area contributed by atoms with Crippen molar-refractivity contribution in [1.82, 2.24) is 10.2 Å². The monoisotopic (exact) mass is 226 g/mol. The largest absolute Gasteiger partial charge is 0.317 e. The van der Waals surface area contributed by atoms with E-state index in [4.69, 9.17) is 0 Å². The van der Waals surface area contributed by atoms with Crippen LogP contribution in [0.4, 0.5) is 0 Å². The van der Waals surface area contributed by atoms with Gasteiger partial charge >= 0.3 is 0 Å². The molecule has 0 saturated carbocycles. The Morgan fingerprint density at radius 3 is 2.56 bits per heavy atom. The quantitative estimate of drug-likeness (QED) is 0.775. The molecule has 0 aromatic carbocycles. The maximum Gasteiger partial charge on any atom is 0.00479 e. The van der Waals surface area contributed by atoms with E-state index in [-0.39, 0.29) is 0 Å². The van der Waals surface area contributed by atoms with Crippen molar-refractivity contribution >= 4 is 0 Å². The van der Waals surface area contributed by atoms with Gasteiger partial charge < -0.3 is 10.2 Å². The Labute approximate surface area is 102 Å². The predicted octanol–water partition coefficient (Wildman–Crippen LogP) is 2.74. The topological polar surface area (TPSA) is 15.3 Å². The molecule has 1 saturated heterocycles. The van der Waals surface area contributed by atoms with Crippen molar-refractivity contribution in [3.05, 3.63) is 0 Å². The van der Waals surface area contributed by atoms with Crippen LogP contribution in [0, 0.1) is 11.8 Å². The van der Waals surface area contributed by atoms with E-state index in [1.165, 1.54) is 45.3 Å². The molecule has 2 unspecified atom stereocenters. The van der Waals surface area contributed by atoms with Gasteiger partial charge in [-0.25, -0.2) is 0 Å². The third-order valence-electron chi connectivity index (χ3n) is 4.18. The van der Waals surface area contributed by atoms with Crippen molar-refractivity contribution in [3.63, 3.8) is 0 Å². The molecule has 0 aliphatic carbocycles. The second-order valence-electron chi connectivity index (χ2n) is 5.76. The third kappa shape index (κ3) is 4.84. The molecule has 0 radical (unpaired) electrons. The lowest BCUT2D eigenvalue weighted by molar-refractivity contribution is 0.260. The first kappa shape index (κ1) is 14.0. The first-order valence-electron chi connectivity index (χ1n) is 7.03. The normalized spacial score (nSPS) is 25.7. The summed E-state index contributed by atoms with van der Waals surface area (Å²) in [6.07, 6.45) is 5.53. The highest BCUT2D eigenvalue weighted by Crippen LogP contribution is 2.24. The van der Waals surface area contributed by atoms with E-state index in [0.717, 1.165) is 11.8 Å². The first-order chi connectivity index (χ1) is 7.63. The van der Waals surface area contributed by atoms with Gasteiger partial charge in [0.1, 0.15) is 0 Å². The summed E-state index contributed by atoms with van der Waals surface area (Å²) in [5, 5.41) is 3.32. The van der Waals surface area contributed by atoms with Crippen molar-refractivity contribution in [1.29, 1.82) is 0 Å². The Balaban J connectivity index is 2.25. The van der Waals surface area contributed by atoms with Crippen LogP contribution in [0.2, 0.25) is 0 Å². The SMILES string of the molecule is CNC(C)CCN1CCCC(C(C)C)CC1. The molecule has 1 heterocycles. The summed E-state index contributed by atoms with van der Waals surface area (Å²) < 4.78 is 0. The van der Waals surface area contributed by atoms with Gasteiger partial charge in [-0.15, -0.1) is 0 Å². The summed E-state index contributed by atoms with van der Waals surface area (Å²) >= 11 is 0. The molecule has 0 spiro atoms. The highest BCUT2D eigenvalue weighted by molar-refractivity contribution is 4.73. The maximum atomic E-state index is 3.32. The Kier molecular flexibility index (Phi) is 6.37. The van der Waals surface area contributed by atoms with Gasteiger partial charge in [0.25, 0.3) is 0 Å². The second-order valence-corrected chi connectivity index (χ2v) is 5.76. The lowest BCUT2D eigenvalue weighted by atomic mass is 9.89. The van der Waals surface area contributed by atoms with Crippen LogP contribution >= 0.6 is 0 Å². The summed E-state index contributed by atoms with van der Waals surface area (Å²) in [5.41, 5.74) is 0. The molecule has 2 atom stereocenters. The van der Waals surface area contributed by atoms with E-state index in [0.29, 0.717) is 6.04 Å². The fraction of sp³-hybridized carbons (Fsp3) is 1.00. The number of likely N-dealkylation sites (tertiary alicyclic amines) is 1. The number of rotatable bonds is 5. The van der Waals surface area contributed by atoms with Crippen LogP contribution in [-0.4, -0.2) is 37.6 Å². The van der Waals surface area contributed by atoms with Gasteiger partial charge in [0, 0.05) is 6.04 Å². The molecule has 1 aliphatic rings. The van der Waals surface area contributed by atoms with E-state index in [2.05, 4.69) is 38.0 Å². The van der Waals surface area contributed by atoms with Crippen molar-refractivity contribution in [3.8, 4) is 0 Å². The van der Waals surface area contributed by atoms with Gasteiger partial charge in [-0.3, -0.25) is 0 Å². The Bertz CT molecular complexity index is 180. The molecule has 0 aromatic heterocycles. The fourth-order valence-electron chi connectivity index (χ4n) is 2.59. The van der Waals surface area contributed by atoms with Crippen LogP contribution in [0.25, 0.3) is 0 Å². The summed E-state index contributed by atoms with van der Waals surface area (Å²) in [4.78, 5) is 2.66. The van der Waals surface area contributed by atoms with Crippen LogP contribution in [0.3, 0.4) is 0 Å². The zero-order chi connectivity index (χ0) is 12.0. The molecular formula is C14H30N2. The smallest absolute Gasteiger partial charge is 0.00479 e. The molecule has 16 heavy (non-hydrogen) atoms. The van der Waals surface area contributed by atoms with Crippen LogP contribution in [0.1, 0.15) is 46.5 Å². The lowest BCUT2D eigenvalue weighted by Crippen LogP contribution is -2.31. The summed E-state index contributed by atoms with van der Waals surface area (Å²) in [7, 11) is 2.06. The van der Waals surface area contributed by atoms with E-state index in [1.54, 1.807) is 0 Å².